The SMILES string of the molecule is COCCCC(NC(=O)NCCc1ncn[nH]1)C(=O)O. The second-order valence-corrected chi connectivity index (χ2v) is 4.11. The molecule has 4 N–H and O–H groups in total. The number of amides is 2. The van der Waals surface area contributed by atoms with Crippen LogP contribution in [0.1, 0.15) is 18.7 Å². The summed E-state index contributed by atoms with van der Waals surface area (Å²) in [5.41, 5.74) is 0. The molecule has 1 aromatic rings. The molecule has 0 radical (unpaired) electrons. The van der Waals surface area contributed by atoms with E-state index in [9.17, 15) is 9.59 Å². The number of nitrogens with zero attached hydrogens (tertiary/aromatic N) is 2. The minimum atomic E-state index is -1.06. The summed E-state index contributed by atoms with van der Waals surface area (Å²) in [6.07, 6.45) is 2.75. The molecule has 0 bridgehead atoms. The zero-order chi connectivity index (χ0) is 14.8. The number of aromatic amines is 1. The molecule has 9 nitrogen and oxygen atoms in total. The highest BCUT2D eigenvalue weighted by Gasteiger charge is 2.19. The van der Waals surface area contributed by atoms with Crippen molar-refractivity contribution in [1.29, 1.82) is 0 Å². The first-order chi connectivity index (χ1) is 9.63. The Bertz CT molecular complexity index is 409. The fraction of sp³-hybridized carbons (Fsp3) is 0.636. The van der Waals surface area contributed by atoms with Gasteiger partial charge in [0.25, 0.3) is 0 Å². The number of nitrogens with one attached hydrogen (secondary N) is 3. The summed E-state index contributed by atoms with van der Waals surface area (Å²) in [4.78, 5) is 26.4. The maximum Gasteiger partial charge on any atom is 0.326 e. The molecule has 1 unspecified atom stereocenters. The molecule has 9 heteroatoms. The number of H-pyrrole nitrogens is 1. The molecule has 1 aromatic heterocycles. The summed E-state index contributed by atoms with van der Waals surface area (Å²) < 4.78 is 4.85. The van der Waals surface area contributed by atoms with Gasteiger partial charge >= 0.3 is 12.0 Å². The summed E-state index contributed by atoms with van der Waals surface area (Å²) in [6.45, 7) is 0.796. The Morgan fingerprint density at radius 1 is 1.55 bits per heavy atom. The molecule has 112 valence electrons. The first-order valence-corrected chi connectivity index (χ1v) is 6.24. The number of carbonyl (C=O) groups excluding carboxylic acids is 1. The van der Waals surface area contributed by atoms with Crippen LogP contribution in [0.4, 0.5) is 4.79 Å². The third-order valence-corrected chi connectivity index (χ3v) is 2.56. The summed E-state index contributed by atoms with van der Waals surface area (Å²) >= 11 is 0. The van der Waals surface area contributed by atoms with E-state index >= 15 is 0 Å². The standard InChI is InChI=1S/C11H19N5O4/c1-20-6-2-3-8(10(17)18)15-11(19)12-5-4-9-13-7-14-16-9/h7-8H,2-6H2,1H3,(H,17,18)(H2,12,15,19)(H,13,14,16). The number of ether oxygens (including phenoxy) is 1. The number of methoxy groups -OCH3 is 1. The quantitative estimate of drug-likeness (QED) is 0.454. The van der Waals surface area contributed by atoms with Gasteiger partial charge in [-0.25, -0.2) is 14.6 Å². The van der Waals surface area contributed by atoms with Gasteiger partial charge < -0.3 is 20.5 Å². The van der Waals surface area contributed by atoms with Crippen LogP contribution in [0.25, 0.3) is 0 Å². The molecule has 2 amide bonds. The Labute approximate surface area is 116 Å². The van der Waals surface area contributed by atoms with Crippen LogP contribution in [0, 0.1) is 0 Å². The number of urea groups is 1. The van der Waals surface area contributed by atoms with E-state index < -0.39 is 18.0 Å². The zero-order valence-electron chi connectivity index (χ0n) is 11.3. The van der Waals surface area contributed by atoms with Gasteiger partial charge in [-0.05, 0) is 12.8 Å². The maximum atomic E-state index is 11.6. The molecule has 1 rings (SSSR count). The Morgan fingerprint density at radius 2 is 2.35 bits per heavy atom. The van der Waals surface area contributed by atoms with Gasteiger partial charge in [0.05, 0.1) is 0 Å². The normalized spacial score (nSPS) is 11.8. The topological polar surface area (TPSA) is 129 Å². The van der Waals surface area contributed by atoms with E-state index in [0.717, 1.165) is 0 Å². The van der Waals surface area contributed by atoms with Gasteiger partial charge in [-0.1, -0.05) is 0 Å². The Balaban J connectivity index is 2.24. The number of carboxylic acids is 1. The minimum absolute atomic E-state index is 0.318. The van der Waals surface area contributed by atoms with Gasteiger partial charge in [0, 0.05) is 26.7 Å². The molecule has 0 aromatic carbocycles. The second kappa shape index (κ2) is 8.86. The van der Waals surface area contributed by atoms with Crippen molar-refractivity contribution in [3.8, 4) is 0 Å². The van der Waals surface area contributed by atoms with Crippen LogP contribution < -0.4 is 10.6 Å². The minimum Gasteiger partial charge on any atom is -0.480 e. The third kappa shape index (κ3) is 6.14. The molecule has 0 spiro atoms. The number of aromatic nitrogens is 3. The lowest BCUT2D eigenvalue weighted by Gasteiger charge is -2.14. The van der Waals surface area contributed by atoms with E-state index in [1.165, 1.54) is 6.33 Å². The van der Waals surface area contributed by atoms with Crippen molar-refractivity contribution < 1.29 is 19.4 Å². The van der Waals surface area contributed by atoms with Crippen LogP contribution in [0.5, 0.6) is 0 Å². The Hall–Kier alpha value is -2.16. The van der Waals surface area contributed by atoms with E-state index in [2.05, 4.69) is 25.8 Å². The lowest BCUT2D eigenvalue weighted by atomic mass is 10.1. The van der Waals surface area contributed by atoms with Crippen LogP contribution in [0.2, 0.25) is 0 Å². The molecule has 1 atom stereocenters. The predicted molar refractivity (Wildman–Crippen MR) is 69.2 cm³/mol. The largest absolute Gasteiger partial charge is 0.480 e. The molecule has 0 aliphatic heterocycles. The monoisotopic (exact) mass is 285 g/mol. The second-order valence-electron chi connectivity index (χ2n) is 4.11. The highest BCUT2D eigenvalue weighted by Crippen LogP contribution is 1.98. The smallest absolute Gasteiger partial charge is 0.326 e. The number of carboxylic acid groups (broad SMARTS) is 1. The molecule has 0 aliphatic rings. The van der Waals surface area contributed by atoms with Crippen LogP contribution in [-0.4, -0.2) is 58.6 Å². The Kier molecular flexibility index (Phi) is 7.04. The summed E-state index contributed by atoms with van der Waals surface area (Å²) in [5, 5.41) is 20.3. The van der Waals surface area contributed by atoms with E-state index in [-0.39, 0.29) is 0 Å². The zero-order valence-corrected chi connectivity index (χ0v) is 11.3. The molecule has 0 saturated heterocycles. The number of hydrogen-bond acceptors (Lipinski definition) is 5. The van der Waals surface area contributed by atoms with Gasteiger partial charge in [-0.2, -0.15) is 5.10 Å². The van der Waals surface area contributed by atoms with Crippen LogP contribution in [-0.2, 0) is 16.0 Å². The van der Waals surface area contributed by atoms with Crippen LogP contribution >= 0.6 is 0 Å². The van der Waals surface area contributed by atoms with E-state index in [0.29, 0.717) is 38.2 Å². The van der Waals surface area contributed by atoms with Gasteiger partial charge in [0.2, 0.25) is 0 Å². The third-order valence-electron chi connectivity index (χ3n) is 2.56. The average molecular weight is 285 g/mol. The average Bonchev–Trinajstić information content (AvgIpc) is 2.91. The Morgan fingerprint density at radius 3 is 2.95 bits per heavy atom. The van der Waals surface area contributed by atoms with Gasteiger partial charge in [0.1, 0.15) is 18.2 Å². The lowest BCUT2D eigenvalue weighted by Crippen LogP contribution is -2.46. The van der Waals surface area contributed by atoms with E-state index in [4.69, 9.17) is 9.84 Å². The summed E-state index contributed by atoms with van der Waals surface area (Å²) in [6, 6.07) is -1.44. The first-order valence-electron chi connectivity index (χ1n) is 6.24. The van der Waals surface area contributed by atoms with Crippen molar-refractivity contribution in [1.82, 2.24) is 25.8 Å². The highest BCUT2D eigenvalue weighted by atomic mass is 16.5. The van der Waals surface area contributed by atoms with Gasteiger partial charge in [-0.15, -0.1) is 0 Å². The van der Waals surface area contributed by atoms with Crippen molar-refractivity contribution in [3.63, 3.8) is 0 Å². The van der Waals surface area contributed by atoms with Gasteiger partial charge in [-0.3, -0.25) is 5.10 Å². The predicted octanol–water partition coefficient (Wildman–Crippen LogP) is -0.474. The first kappa shape index (κ1) is 15.9. The van der Waals surface area contributed by atoms with Crippen LogP contribution in [0.3, 0.4) is 0 Å². The molecule has 1 heterocycles. The highest BCUT2D eigenvalue weighted by molar-refractivity contribution is 5.82. The molecular formula is C11H19N5O4. The fourth-order valence-electron chi connectivity index (χ4n) is 1.54. The maximum absolute atomic E-state index is 11.6. The number of hydrogen-bond donors (Lipinski definition) is 4. The van der Waals surface area contributed by atoms with Crippen molar-refractivity contribution in [2.45, 2.75) is 25.3 Å². The van der Waals surface area contributed by atoms with Crippen molar-refractivity contribution >= 4 is 12.0 Å². The summed E-state index contributed by atoms with van der Waals surface area (Å²) in [7, 11) is 1.54. The lowest BCUT2D eigenvalue weighted by molar-refractivity contribution is -0.139. The van der Waals surface area contributed by atoms with Crippen LogP contribution in [0.15, 0.2) is 6.33 Å². The molecule has 20 heavy (non-hydrogen) atoms. The molecule has 0 saturated carbocycles. The molecular weight excluding hydrogens is 266 g/mol. The molecule has 0 fully saturated rings. The van der Waals surface area contributed by atoms with E-state index in [1.807, 2.05) is 0 Å². The molecule has 0 aliphatic carbocycles. The summed E-state index contributed by atoms with van der Waals surface area (Å²) in [5.74, 6) is -0.410. The number of aliphatic carboxylic acids is 1. The van der Waals surface area contributed by atoms with Gasteiger partial charge in [0.15, 0.2) is 0 Å². The van der Waals surface area contributed by atoms with Crippen molar-refractivity contribution in [2.75, 3.05) is 20.3 Å². The van der Waals surface area contributed by atoms with E-state index in [1.54, 1.807) is 7.11 Å². The number of rotatable bonds is 9. The van der Waals surface area contributed by atoms with Crippen molar-refractivity contribution in [3.05, 3.63) is 12.2 Å². The fourth-order valence-corrected chi connectivity index (χ4v) is 1.54. The number of carbonyl (C=O) groups is 2. The van der Waals surface area contributed by atoms with Crippen molar-refractivity contribution in [2.24, 2.45) is 0 Å².